The molecule has 1 aliphatic heterocycles. The fraction of sp³-hybridized carbons (Fsp3) is 0.464. The molecule has 35 heavy (non-hydrogen) atoms. The lowest BCUT2D eigenvalue weighted by atomic mass is 9.67. The van der Waals surface area contributed by atoms with E-state index >= 15 is 0 Å². The highest BCUT2D eigenvalue weighted by Crippen LogP contribution is 2.46. The number of carbonyl (C=O) groups is 3. The van der Waals surface area contributed by atoms with Crippen LogP contribution in [0.2, 0.25) is 0 Å². The summed E-state index contributed by atoms with van der Waals surface area (Å²) in [5.74, 6) is -1.12. The first kappa shape index (κ1) is 23.4. The normalized spacial score (nSPS) is 22.1. The molecule has 0 radical (unpaired) electrons. The van der Waals surface area contributed by atoms with Crippen LogP contribution in [0.1, 0.15) is 62.5 Å². The molecule has 1 unspecified atom stereocenters. The van der Waals surface area contributed by atoms with E-state index in [2.05, 4.69) is 29.6 Å². The van der Waals surface area contributed by atoms with Crippen LogP contribution in [0.5, 0.6) is 0 Å². The number of aliphatic carboxylic acids is 1. The van der Waals surface area contributed by atoms with Gasteiger partial charge in [0.15, 0.2) is 0 Å². The molecule has 2 N–H and O–H groups in total. The van der Waals surface area contributed by atoms with Crippen molar-refractivity contribution in [1.29, 1.82) is 0 Å². The van der Waals surface area contributed by atoms with Gasteiger partial charge >= 0.3 is 12.1 Å². The molecule has 2 aliphatic carbocycles. The first-order valence-electron chi connectivity index (χ1n) is 12.6. The number of rotatable bonds is 7. The Morgan fingerprint density at radius 2 is 1.63 bits per heavy atom. The summed E-state index contributed by atoms with van der Waals surface area (Å²) in [5.41, 5.74) is 2.74. The Bertz CT molecular complexity index is 1110. The molecule has 3 aliphatic rings. The van der Waals surface area contributed by atoms with Crippen molar-refractivity contribution in [1.82, 2.24) is 10.2 Å². The molecule has 184 valence electrons. The van der Waals surface area contributed by atoms with Crippen molar-refractivity contribution in [2.45, 2.75) is 56.9 Å². The molecule has 2 amide bonds. The Morgan fingerprint density at radius 3 is 2.17 bits per heavy atom. The largest absolute Gasteiger partial charge is 0.479 e. The third kappa shape index (κ3) is 3.77. The summed E-state index contributed by atoms with van der Waals surface area (Å²) in [4.78, 5) is 39.9. The van der Waals surface area contributed by atoms with Gasteiger partial charge in [0.05, 0.1) is 5.41 Å². The maximum atomic E-state index is 13.6. The highest BCUT2D eigenvalue weighted by Gasteiger charge is 2.55. The van der Waals surface area contributed by atoms with Gasteiger partial charge in [0.2, 0.25) is 5.91 Å². The molecular weight excluding hydrogens is 444 g/mol. The molecule has 5 rings (SSSR count). The number of likely N-dealkylation sites (tertiary alicyclic amines) is 1. The summed E-state index contributed by atoms with van der Waals surface area (Å²) in [6.45, 7) is 2.65. The van der Waals surface area contributed by atoms with E-state index in [0.717, 1.165) is 17.5 Å². The maximum Gasteiger partial charge on any atom is 0.407 e. The summed E-state index contributed by atoms with van der Waals surface area (Å²) in [5, 5.41) is 12.7. The van der Waals surface area contributed by atoms with Gasteiger partial charge in [-0.15, -0.1) is 0 Å². The minimum atomic E-state index is -1.14. The Labute approximate surface area is 205 Å². The number of alkyl carbamates (subject to hydrolysis) is 1. The second kappa shape index (κ2) is 9.02. The molecule has 2 fully saturated rings. The summed E-state index contributed by atoms with van der Waals surface area (Å²) in [7, 11) is 0. The predicted octanol–water partition coefficient (Wildman–Crippen LogP) is 4.55. The number of benzene rings is 2. The fourth-order valence-corrected chi connectivity index (χ4v) is 6.16. The van der Waals surface area contributed by atoms with E-state index in [1.165, 1.54) is 11.1 Å². The van der Waals surface area contributed by atoms with Crippen LogP contribution in [0, 0.1) is 5.41 Å². The number of amides is 2. The van der Waals surface area contributed by atoms with Crippen molar-refractivity contribution in [3.05, 3.63) is 59.7 Å². The molecular formula is C28H32N2O5. The first-order chi connectivity index (χ1) is 16.9. The second-order valence-corrected chi connectivity index (χ2v) is 10.1. The minimum absolute atomic E-state index is 0.0298. The Morgan fingerprint density at radius 1 is 1.00 bits per heavy atom. The van der Waals surface area contributed by atoms with E-state index in [0.29, 0.717) is 38.6 Å². The third-order valence-corrected chi connectivity index (χ3v) is 8.40. The van der Waals surface area contributed by atoms with Gasteiger partial charge in [0, 0.05) is 19.0 Å². The second-order valence-electron chi connectivity index (χ2n) is 10.1. The van der Waals surface area contributed by atoms with Gasteiger partial charge in [0.25, 0.3) is 0 Å². The highest BCUT2D eigenvalue weighted by atomic mass is 16.5. The zero-order valence-corrected chi connectivity index (χ0v) is 20.1. The molecule has 2 aromatic carbocycles. The Balaban J connectivity index is 1.23. The van der Waals surface area contributed by atoms with Gasteiger partial charge in [-0.2, -0.15) is 0 Å². The van der Waals surface area contributed by atoms with Crippen LogP contribution >= 0.6 is 0 Å². The van der Waals surface area contributed by atoms with Crippen LogP contribution in [-0.2, 0) is 14.3 Å². The van der Waals surface area contributed by atoms with Gasteiger partial charge in [-0.05, 0) is 54.4 Å². The van der Waals surface area contributed by atoms with Crippen LogP contribution < -0.4 is 5.32 Å². The smallest absolute Gasteiger partial charge is 0.407 e. The van der Waals surface area contributed by atoms with E-state index in [4.69, 9.17) is 4.74 Å². The molecule has 7 heteroatoms. The van der Waals surface area contributed by atoms with E-state index in [9.17, 15) is 19.5 Å². The van der Waals surface area contributed by atoms with Crippen molar-refractivity contribution in [2.75, 3.05) is 19.7 Å². The van der Waals surface area contributed by atoms with E-state index < -0.39 is 23.0 Å². The van der Waals surface area contributed by atoms with E-state index in [-0.39, 0.29) is 25.0 Å². The zero-order valence-electron chi connectivity index (χ0n) is 20.1. The number of hydrogen-bond acceptors (Lipinski definition) is 4. The lowest BCUT2D eigenvalue weighted by Crippen LogP contribution is -2.60. The highest BCUT2D eigenvalue weighted by molar-refractivity contribution is 5.91. The van der Waals surface area contributed by atoms with Crippen LogP contribution in [-0.4, -0.2) is 53.2 Å². The summed E-state index contributed by atoms with van der Waals surface area (Å²) >= 11 is 0. The van der Waals surface area contributed by atoms with Crippen molar-refractivity contribution in [3.63, 3.8) is 0 Å². The number of carboxylic acid groups (broad SMARTS) is 1. The molecule has 0 bridgehead atoms. The zero-order chi connectivity index (χ0) is 24.6. The van der Waals surface area contributed by atoms with Gasteiger partial charge in [-0.25, -0.2) is 9.59 Å². The molecule has 2 aromatic rings. The lowest BCUT2D eigenvalue weighted by molar-refractivity contribution is -0.164. The van der Waals surface area contributed by atoms with Crippen molar-refractivity contribution >= 4 is 18.0 Å². The molecule has 1 saturated carbocycles. The number of carbonyl (C=O) groups excluding carboxylic acids is 2. The third-order valence-electron chi connectivity index (χ3n) is 8.40. The van der Waals surface area contributed by atoms with Crippen LogP contribution in [0.3, 0.4) is 0 Å². The van der Waals surface area contributed by atoms with E-state index in [1.807, 2.05) is 31.2 Å². The number of carboxylic acids is 1. The summed E-state index contributed by atoms with van der Waals surface area (Å²) in [6.07, 6.45) is 3.16. The number of nitrogens with zero attached hydrogens (tertiary/aromatic N) is 1. The quantitative estimate of drug-likeness (QED) is 0.611. The van der Waals surface area contributed by atoms with Gasteiger partial charge in [0.1, 0.15) is 12.1 Å². The van der Waals surface area contributed by atoms with Crippen molar-refractivity contribution < 1.29 is 24.2 Å². The monoisotopic (exact) mass is 476 g/mol. The molecule has 1 saturated heterocycles. The molecule has 0 aromatic heterocycles. The van der Waals surface area contributed by atoms with Gasteiger partial charge < -0.3 is 20.1 Å². The van der Waals surface area contributed by atoms with Crippen LogP contribution in [0.15, 0.2) is 48.5 Å². The number of hydrogen-bond donors (Lipinski definition) is 2. The van der Waals surface area contributed by atoms with Crippen molar-refractivity contribution in [2.24, 2.45) is 5.41 Å². The standard InChI is InChI=1S/C28H32N2O5/c1-2-28(25(32)33)15-8-16-30(28)24(31)27(13-7-14-27)18-29-26(34)35-17-23-21-11-5-3-9-19(21)20-10-4-6-12-22(20)23/h3-6,9-12,23H,2,7-8,13-18H2,1H3,(H,29,34)(H,32,33). The van der Waals surface area contributed by atoms with Crippen molar-refractivity contribution in [3.8, 4) is 11.1 Å². The maximum absolute atomic E-state index is 13.6. The molecule has 7 nitrogen and oxygen atoms in total. The number of nitrogens with one attached hydrogen (secondary N) is 1. The SMILES string of the molecule is CCC1(C(=O)O)CCCN1C(=O)C1(CNC(=O)OCC2c3ccccc3-c3ccccc32)CCC1. The van der Waals surface area contributed by atoms with Gasteiger partial charge in [-0.1, -0.05) is 61.9 Å². The summed E-state index contributed by atoms with van der Waals surface area (Å²) in [6, 6.07) is 16.3. The Hall–Kier alpha value is -3.35. The topological polar surface area (TPSA) is 95.9 Å². The fourth-order valence-electron chi connectivity index (χ4n) is 6.16. The lowest BCUT2D eigenvalue weighted by Gasteiger charge is -2.46. The number of fused-ring (bicyclic) bond motifs is 3. The molecule has 1 heterocycles. The predicted molar refractivity (Wildman–Crippen MR) is 131 cm³/mol. The minimum Gasteiger partial charge on any atom is -0.479 e. The van der Waals surface area contributed by atoms with Gasteiger partial charge in [-0.3, -0.25) is 4.79 Å². The first-order valence-corrected chi connectivity index (χ1v) is 12.6. The number of ether oxygens (including phenoxy) is 1. The molecule has 1 atom stereocenters. The van der Waals surface area contributed by atoms with E-state index in [1.54, 1.807) is 4.90 Å². The van der Waals surface area contributed by atoms with Crippen LogP contribution in [0.4, 0.5) is 4.79 Å². The summed E-state index contributed by atoms with van der Waals surface area (Å²) < 4.78 is 5.64. The average Bonchev–Trinajstić information content (AvgIpc) is 3.42. The molecule has 0 spiro atoms. The van der Waals surface area contributed by atoms with Crippen LogP contribution in [0.25, 0.3) is 11.1 Å². The average molecular weight is 477 g/mol. The Kier molecular flexibility index (Phi) is 6.03.